The predicted octanol–water partition coefficient (Wildman–Crippen LogP) is 4.16. The summed E-state index contributed by atoms with van der Waals surface area (Å²) in [5, 5.41) is 2.86. The summed E-state index contributed by atoms with van der Waals surface area (Å²) in [6.45, 7) is 5.33. The Hall–Kier alpha value is -2.71. The molecule has 0 unspecified atom stereocenters. The van der Waals surface area contributed by atoms with Crippen molar-refractivity contribution in [2.75, 3.05) is 5.32 Å². The molecule has 3 N–H and O–H groups in total. The Bertz CT molecular complexity index is 1190. The molecule has 30 heavy (non-hydrogen) atoms. The largest absolute Gasteiger partial charge is 0.342 e. The van der Waals surface area contributed by atoms with Gasteiger partial charge in [-0.3, -0.25) is 4.79 Å². The summed E-state index contributed by atoms with van der Waals surface area (Å²) in [7, 11) is -3.64. The lowest BCUT2D eigenvalue weighted by atomic mass is 9.85. The van der Waals surface area contributed by atoms with Crippen molar-refractivity contribution in [2.45, 2.75) is 56.4 Å². The molecule has 1 aromatic heterocycles. The van der Waals surface area contributed by atoms with Gasteiger partial charge in [-0.2, -0.15) is 0 Å². The number of H-pyrrole nitrogens is 1. The number of hydrogen-bond donors (Lipinski definition) is 3. The molecule has 2 aromatic carbocycles. The number of fused-ring (bicyclic) bond motifs is 1. The predicted molar refractivity (Wildman–Crippen MR) is 117 cm³/mol. The number of amides is 1. The number of nitrogens with one attached hydrogen (secondary N) is 3. The molecule has 158 valence electrons. The number of imidazole rings is 1. The summed E-state index contributed by atoms with van der Waals surface area (Å²) in [5.74, 6) is 1.22. The number of carbonyl (C=O) groups excluding carboxylic acids is 1. The van der Waals surface area contributed by atoms with Crippen molar-refractivity contribution < 1.29 is 13.2 Å². The average molecular weight is 427 g/mol. The zero-order valence-corrected chi connectivity index (χ0v) is 18.1. The molecule has 0 bridgehead atoms. The Kier molecular flexibility index (Phi) is 5.15. The van der Waals surface area contributed by atoms with Crippen molar-refractivity contribution in [1.29, 1.82) is 0 Å². The fraction of sp³-hybridized carbons (Fsp3) is 0.364. The highest BCUT2D eigenvalue weighted by molar-refractivity contribution is 7.89. The number of nitrogens with zero attached hydrogens (tertiary/aromatic N) is 1. The van der Waals surface area contributed by atoms with Gasteiger partial charge in [0.1, 0.15) is 5.82 Å². The van der Waals surface area contributed by atoms with Crippen LogP contribution >= 0.6 is 0 Å². The third-order valence-corrected chi connectivity index (χ3v) is 6.89. The normalized spacial score (nSPS) is 15.2. The van der Waals surface area contributed by atoms with Crippen LogP contribution in [0.25, 0.3) is 11.0 Å². The lowest BCUT2D eigenvalue weighted by Gasteiger charge is -2.22. The topological polar surface area (TPSA) is 104 Å². The van der Waals surface area contributed by atoms with Gasteiger partial charge in [-0.15, -0.1) is 0 Å². The monoisotopic (exact) mass is 426 g/mol. The second-order valence-corrected chi connectivity index (χ2v) is 10.5. The van der Waals surface area contributed by atoms with Gasteiger partial charge in [0.05, 0.1) is 15.9 Å². The minimum Gasteiger partial charge on any atom is -0.342 e. The maximum atomic E-state index is 12.6. The zero-order valence-electron chi connectivity index (χ0n) is 17.3. The van der Waals surface area contributed by atoms with E-state index in [1.807, 2.05) is 18.2 Å². The van der Waals surface area contributed by atoms with Crippen LogP contribution in [0.5, 0.6) is 0 Å². The summed E-state index contributed by atoms with van der Waals surface area (Å²) >= 11 is 0. The van der Waals surface area contributed by atoms with Crippen molar-refractivity contribution in [3.63, 3.8) is 0 Å². The Balaban J connectivity index is 1.48. The van der Waals surface area contributed by atoms with Gasteiger partial charge >= 0.3 is 0 Å². The second-order valence-electron chi connectivity index (χ2n) is 8.82. The first-order valence-electron chi connectivity index (χ1n) is 10.1. The van der Waals surface area contributed by atoms with Crippen LogP contribution in [0.2, 0.25) is 0 Å². The van der Waals surface area contributed by atoms with E-state index in [2.05, 4.69) is 20.0 Å². The molecule has 4 rings (SSSR count). The van der Waals surface area contributed by atoms with E-state index in [9.17, 15) is 13.2 Å². The van der Waals surface area contributed by atoms with Gasteiger partial charge in [0.2, 0.25) is 10.0 Å². The lowest BCUT2D eigenvalue weighted by molar-refractivity contribution is 0.102. The molecule has 1 saturated carbocycles. The van der Waals surface area contributed by atoms with E-state index in [1.165, 1.54) is 43.5 Å². The van der Waals surface area contributed by atoms with Crippen LogP contribution in [-0.2, 0) is 10.0 Å². The van der Waals surface area contributed by atoms with Gasteiger partial charge in [-0.1, -0.05) is 6.42 Å². The summed E-state index contributed by atoms with van der Waals surface area (Å²) in [4.78, 5) is 20.7. The molecule has 7 nitrogen and oxygen atoms in total. The van der Waals surface area contributed by atoms with E-state index in [0.717, 1.165) is 16.9 Å². The highest BCUT2D eigenvalue weighted by Crippen LogP contribution is 2.35. The molecule has 0 aliphatic heterocycles. The molecule has 1 amide bonds. The number of aromatic nitrogens is 2. The number of hydrogen-bond acceptors (Lipinski definition) is 4. The molecule has 1 aliphatic carbocycles. The highest BCUT2D eigenvalue weighted by Gasteiger charge is 2.23. The minimum absolute atomic E-state index is 0.122. The van der Waals surface area contributed by atoms with E-state index in [0.29, 0.717) is 17.2 Å². The summed E-state index contributed by atoms with van der Waals surface area (Å²) in [6.07, 6.45) is 3.58. The lowest BCUT2D eigenvalue weighted by Crippen LogP contribution is -2.40. The van der Waals surface area contributed by atoms with Crippen molar-refractivity contribution in [3.05, 3.63) is 53.9 Å². The molecule has 0 atom stereocenters. The molecule has 0 spiro atoms. The van der Waals surface area contributed by atoms with E-state index >= 15 is 0 Å². The van der Waals surface area contributed by atoms with Crippen molar-refractivity contribution in [2.24, 2.45) is 0 Å². The minimum atomic E-state index is -3.64. The van der Waals surface area contributed by atoms with Crippen molar-refractivity contribution in [1.82, 2.24) is 14.7 Å². The fourth-order valence-electron chi connectivity index (χ4n) is 3.43. The average Bonchev–Trinajstić information content (AvgIpc) is 3.00. The Labute approximate surface area is 176 Å². The van der Waals surface area contributed by atoms with Crippen LogP contribution in [0.4, 0.5) is 5.69 Å². The maximum absolute atomic E-state index is 12.6. The van der Waals surface area contributed by atoms with Gasteiger partial charge in [-0.25, -0.2) is 18.1 Å². The first kappa shape index (κ1) is 20.6. The molecular formula is C22H26N4O3S. The number of aromatic amines is 1. The fourth-order valence-corrected chi connectivity index (χ4v) is 4.85. The summed E-state index contributed by atoms with van der Waals surface area (Å²) in [6, 6.07) is 11.5. The van der Waals surface area contributed by atoms with Crippen LogP contribution in [-0.4, -0.2) is 29.8 Å². The first-order valence-corrected chi connectivity index (χ1v) is 11.5. The van der Waals surface area contributed by atoms with Crippen LogP contribution in [0, 0.1) is 0 Å². The number of benzene rings is 2. The van der Waals surface area contributed by atoms with Gasteiger partial charge < -0.3 is 10.3 Å². The van der Waals surface area contributed by atoms with Crippen molar-refractivity contribution in [3.8, 4) is 0 Å². The highest BCUT2D eigenvalue weighted by atomic mass is 32.2. The first-order chi connectivity index (χ1) is 14.1. The van der Waals surface area contributed by atoms with Crippen molar-refractivity contribution >= 4 is 32.7 Å². The molecule has 8 heteroatoms. The van der Waals surface area contributed by atoms with Gasteiger partial charge in [0, 0.05) is 22.7 Å². The smallest absolute Gasteiger partial charge is 0.255 e. The number of carbonyl (C=O) groups is 1. The number of rotatable bonds is 5. The molecule has 1 aliphatic rings. The number of sulfonamides is 1. The Morgan fingerprint density at radius 1 is 1.10 bits per heavy atom. The Morgan fingerprint density at radius 3 is 2.40 bits per heavy atom. The van der Waals surface area contributed by atoms with Gasteiger partial charge in [0.15, 0.2) is 0 Å². The van der Waals surface area contributed by atoms with Crippen LogP contribution in [0.3, 0.4) is 0 Å². The van der Waals surface area contributed by atoms with Crippen LogP contribution in [0.1, 0.15) is 62.1 Å². The second kappa shape index (κ2) is 7.52. The molecule has 1 fully saturated rings. The molecule has 3 aromatic rings. The molecule has 0 saturated heterocycles. The zero-order chi connectivity index (χ0) is 21.5. The number of anilines is 1. The van der Waals surface area contributed by atoms with Crippen LogP contribution < -0.4 is 10.0 Å². The molecular weight excluding hydrogens is 400 g/mol. The molecule has 0 radical (unpaired) electrons. The quantitative estimate of drug-likeness (QED) is 0.570. The standard InChI is InChI=1S/C22H26N4O3S/c1-22(2,3)26-30(28,29)17-10-7-15(8-11-17)21(27)23-16-9-12-18-19(13-16)25-20(24-18)14-5-4-6-14/h7-14,26H,4-6H2,1-3H3,(H,23,27)(H,24,25). The van der Waals surface area contributed by atoms with E-state index < -0.39 is 15.6 Å². The van der Waals surface area contributed by atoms with Crippen LogP contribution in [0.15, 0.2) is 47.4 Å². The van der Waals surface area contributed by atoms with E-state index in [-0.39, 0.29) is 10.8 Å². The molecule has 1 heterocycles. The van der Waals surface area contributed by atoms with E-state index in [4.69, 9.17) is 0 Å². The SMILES string of the molecule is CC(C)(C)NS(=O)(=O)c1ccc(C(=O)Nc2ccc3nc(C4CCC4)[nH]c3c2)cc1. The van der Waals surface area contributed by atoms with Gasteiger partial charge in [0.25, 0.3) is 5.91 Å². The Morgan fingerprint density at radius 2 is 1.80 bits per heavy atom. The van der Waals surface area contributed by atoms with Gasteiger partial charge in [-0.05, 0) is 76.1 Å². The summed E-state index contributed by atoms with van der Waals surface area (Å²) in [5.41, 5.74) is 2.23. The van der Waals surface area contributed by atoms with E-state index in [1.54, 1.807) is 20.8 Å². The summed E-state index contributed by atoms with van der Waals surface area (Å²) < 4.78 is 27.4. The maximum Gasteiger partial charge on any atom is 0.255 e. The third-order valence-electron chi connectivity index (χ3n) is 5.12. The third kappa shape index (κ3) is 4.39.